The van der Waals surface area contributed by atoms with Crippen LogP contribution in [0.5, 0.6) is 0 Å². The Hall–Kier alpha value is -0.0300. The minimum absolute atomic E-state index is 0.359. The Kier molecular flexibility index (Phi) is 8.95. The van der Waals surface area contributed by atoms with Crippen LogP contribution in [0.3, 0.4) is 0 Å². The monoisotopic (exact) mass is 352 g/mol. The molecule has 0 aliphatic heterocycles. The summed E-state index contributed by atoms with van der Waals surface area (Å²) in [6.45, 7) is 1.25. The molecule has 0 fully saturated rings. The molecule has 120 valence electrons. The first-order chi connectivity index (χ1) is 10.0. The van der Waals surface area contributed by atoms with Crippen LogP contribution in [0.15, 0.2) is 24.3 Å². The summed E-state index contributed by atoms with van der Waals surface area (Å²) in [5.74, 6) is 0.613. The van der Waals surface area contributed by atoms with Crippen molar-refractivity contribution in [2.45, 2.75) is 32.8 Å². The van der Waals surface area contributed by atoms with E-state index in [2.05, 4.69) is 0 Å². The summed E-state index contributed by atoms with van der Waals surface area (Å²) >= 11 is 7.00. The Labute approximate surface area is 135 Å². The predicted molar refractivity (Wildman–Crippen MR) is 89.0 cm³/mol. The lowest BCUT2D eigenvalue weighted by Crippen LogP contribution is -1.99. The Balaban J connectivity index is 2.35. The van der Waals surface area contributed by atoms with Gasteiger partial charge in [0, 0.05) is 10.8 Å². The van der Waals surface area contributed by atoms with Gasteiger partial charge in [0.25, 0.3) is 0 Å². The van der Waals surface area contributed by atoms with Gasteiger partial charge in [0.1, 0.15) is 0 Å². The number of halogens is 1. The normalized spacial score (nSPS) is 13.3. The first-order valence-corrected chi connectivity index (χ1v) is 10.5. The molecule has 7 heteroatoms. The van der Waals surface area contributed by atoms with Crippen LogP contribution in [-0.4, -0.2) is 24.1 Å². The third-order valence-electron chi connectivity index (χ3n) is 2.70. The zero-order valence-electron chi connectivity index (χ0n) is 12.3. The molecule has 1 N–H and O–H groups in total. The lowest BCUT2D eigenvalue weighted by atomic mass is 10.1. The zero-order valence-corrected chi connectivity index (χ0v) is 14.8. The van der Waals surface area contributed by atoms with Crippen molar-refractivity contribution in [3.63, 3.8) is 0 Å². The van der Waals surface area contributed by atoms with E-state index in [1.165, 1.54) is 11.4 Å². The summed E-state index contributed by atoms with van der Waals surface area (Å²) in [6.07, 6.45) is 0.771. The van der Waals surface area contributed by atoms with Crippen LogP contribution in [0.2, 0.25) is 5.02 Å². The van der Waals surface area contributed by atoms with Gasteiger partial charge >= 0.3 is 6.80 Å². The smallest absolute Gasteiger partial charge is 0.388 e. The molecule has 0 unspecified atom stereocenters. The van der Waals surface area contributed by atoms with Crippen LogP contribution in [-0.2, 0) is 13.6 Å². The summed E-state index contributed by atoms with van der Waals surface area (Å²) in [4.78, 5) is 0. The van der Waals surface area contributed by atoms with Crippen molar-refractivity contribution >= 4 is 29.8 Å². The molecule has 1 atom stereocenters. The SMILES string of the molecule is CCOP(=O)(OCC)SCCC[C@@H](O)c1ccc(Cl)cc1. The summed E-state index contributed by atoms with van der Waals surface area (Å²) in [6, 6.07) is 7.14. The van der Waals surface area contributed by atoms with Crippen LogP contribution in [0, 0.1) is 0 Å². The highest BCUT2D eigenvalue weighted by molar-refractivity contribution is 8.55. The molecular weight excluding hydrogens is 331 g/mol. The van der Waals surface area contributed by atoms with E-state index in [4.69, 9.17) is 20.6 Å². The number of benzene rings is 1. The molecule has 4 nitrogen and oxygen atoms in total. The maximum atomic E-state index is 12.2. The molecule has 1 aromatic rings. The molecule has 0 amide bonds. The van der Waals surface area contributed by atoms with E-state index in [1.807, 2.05) is 12.1 Å². The second-order valence-corrected chi connectivity index (χ2v) is 8.96. The molecule has 0 saturated carbocycles. The van der Waals surface area contributed by atoms with Gasteiger partial charge in [-0.15, -0.1) is 0 Å². The maximum Gasteiger partial charge on any atom is 0.389 e. The van der Waals surface area contributed by atoms with Gasteiger partial charge in [0.15, 0.2) is 0 Å². The van der Waals surface area contributed by atoms with Crippen molar-refractivity contribution in [1.29, 1.82) is 0 Å². The topological polar surface area (TPSA) is 55.8 Å². The molecule has 0 aliphatic carbocycles. The quantitative estimate of drug-likeness (QED) is 0.470. The van der Waals surface area contributed by atoms with Crippen LogP contribution in [0.4, 0.5) is 0 Å². The van der Waals surface area contributed by atoms with Crippen LogP contribution in [0.25, 0.3) is 0 Å². The molecule has 0 bridgehead atoms. The van der Waals surface area contributed by atoms with E-state index >= 15 is 0 Å². The minimum Gasteiger partial charge on any atom is -0.388 e. The van der Waals surface area contributed by atoms with E-state index in [0.29, 0.717) is 30.4 Å². The van der Waals surface area contributed by atoms with Crippen LogP contribution < -0.4 is 0 Å². The molecular formula is C14H22ClO4PS. The minimum atomic E-state index is -3.04. The third kappa shape index (κ3) is 7.18. The van der Waals surface area contributed by atoms with Crippen molar-refractivity contribution in [1.82, 2.24) is 0 Å². The van der Waals surface area contributed by atoms with Gasteiger partial charge < -0.3 is 14.2 Å². The molecule has 1 rings (SSSR count). The van der Waals surface area contributed by atoms with Gasteiger partial charge in [-0.1, -0.05) is 23.7 Å². The summed E-state index contributed by atoms with van der Waals surface area (Å²) in [5, 5.41) is 10.7. The standard InChI is InChI=1S/C14H22ClO4PS/c1-3-18-20(17,19-4-2)21-11-5-6-14(16)12-7-9-13(15)10-8-12/h7-10,14,16H,3-6,11H2,1-2H3/t14-/m1/s1. The van der Waals surface area contributed by atoms with Gasteiger partial charge in [-0.25, -0.2) is 4.57 Å². The van der Waals surface area contributed by atoms with Crippen molar-refractivity contribution < 1.29 is 18.7 Å². The first-order valence-electron chi connectivity index (χ1n) is 6.98. The molecule has 0 radical (unpaired) electrons. The van der Waals surface area contributed by atoms with Crippen LogP contribution in [0.1, 0.15) is 38.4 Å². The van der Waals surface area contributed by atoms with E-state index in [-0.39, 0.29) is 0 Å². The fraction of sp³-hybridized carbons (Fsp3) is 0.571. The first kappa shape index (κ1) is 19.0. The van der Waals surface area contributed by atoms with E-state index in [9.17, 15) is 9.67 Å². The number of aliphatic hydroxyl groups is 1. The van der Waals surface area contributed by atoms with Crippen molar-refractivity contribution in [3.8, 4) is 0 Å². The van der Waals surface area contributed by atoms with Crippen molar-refractivity contribution in [3.05, 3.63) is 34.9 Å². The zero-order chi connectivity index (χ0) is 15.7. The summed E-state index contributed by atoms with van der Waals surface area (Å²) < 4.78 is 22.6. The maximum absolute atomic E-state index is 12.2. The second-order valence-electron chi connectivity index (χ2n) is 4.33. The molecule has 21 heavy (non-hydrogen) atoms. The van der Waals surface area contributed by atoms with Crippen LogP contribution >= 0.6 is 29.8 Å². The Morgan fingerprint density at radius 3 is 2.33 bits per heavy atom. The largest absolute Gasteiger partial charge is 0.389 e. The fourth-order valence-electron chi connectivity index (χ4n) is 1.73. The average Bonchev–Trinajstić information content (AvgIpc) is 2.45. The van der Waals surface area contributed by atoms with Gasteiger partial charge in [-0.3, -0.25) is 0 Å². The van der Waals surface area contributed by atoms with Gasteiger partial charge in [0.2, 0.25) is 0 Å². The average molecular weight is 353 g/mol. The number of hydrogen-bond acceptors (Lipinski definition) is 5. The van der Waals surface area contributed by atoms with Gasteiger partial charge in [-0.05, 0) is 55.8 Å². The highest BCUT2D eigenvalue weighted by Gasteiger charge is 2.24. The Morgan fingerprint density at radius 2 is 1.81 bits per heavy atom. The highest BCUT2D eigenvalue weighted by atomic mass is 35.5. The lowest BCUT2D eigenvalue weighted by Gasteiger charge is -2.16. The summed E-state index contributed by atoms with van der Waals surface area (Å²) in [5.41, 5.74) is 0.835. The molecule has 0 saturated heterocycles. The van der Waals surface area contributed by atoms with E-state index < -0.39 is 12.9 Å². The lowest BCUT2D eigenvalue weighted by molar-refractivity contribution is 0.167. The summed E-state index contributed by atoms with van der Waals surface area (Å²) in [7, 11) is 0. The van der Waals surface area contributed by atoms with E-state index in [1.54, 1.807) is 26.0 Å². The number of hydrogen-bond donors (Lipinski definition) is 1. The Morgan fingerprint density at radius 1 is 1.24 bits per heavy atom. The second kappa shape index (κ2) is 9.88. The molecule has 0 aliphatic rings. The molecule has 1 aromatic carbocycles. The van der Waals surface area contributed by atoms with Gasteiger partial charge in [-0.2, -0.15) is 0 Å². The highest BCUT2D eigenvalue weighted by Crippen LogP contribution is 2.60. The number of aliphatic hydroxyl groups excluding tert-OH is 1. The van der Waals surface area contributed by atoms with Gasteiger partial charge in [0.05, 0.1) is 19.3 Å². The van der Waals surface area contributed by atoms with Crippen molar-refractivity contribution in [2.24, 2.45) is 0 Å². The number of rotatable bonds is 10. The molecule has 0 heterocycles. The predicted octanol–water partition coefficient (Wildman–Crippen LogP) is 5.07. The Bertz CT molecular complexity index is 445. The van der Waals surface area contributed by atoms with Crippen molar-refractivity contribution in [2.75, 3.05) is 19.0 Å². The third-order valence-corrected chi connectivity index (χ3v) is 7.02. The molecule has 0 aromatic heterocycles. The van der Waals surface area contributed by atoms with E-state index in [0.717, 1.165) is 12.0 Å². The fourth-order valence-corrected chi connectivity index (χ4v) is 5.37. The molecule has 0 spiro atoms.